The first kappa shape index (κ1) is 21.0. The summed E-state index contributed by atoms with van der Waals surface area (Å²) in [7, 11) is -4.35. The van der Waals surface area contributed by atoms with Gasteiger partial charge in [0, 0.05) is 0 Å². The topological polar surface area (TPSA) is 115 Å². The molecular formula is C16H28N3O4P. The molecule has 2 aliphatic rings. The van der Waals surface area contributed by atoms with Crippen LogP contribution in [0.15, 0.2) is 9.98 Å². The Bertz CT molecular complexity index is 460. The molecule has 0 saturated heterocycles. The minimum Gasteiger partial charge on any atom is -0.303 e. The summed E-state index contributed by atoms with van der Waals surface area (Å²) in [6, 6.07) is 5.71. The Balaban J connectivity index is 0.000000277. The van der Waals surface area contributed by atoms with Gasteiger partial charge in [-0.25, -0.2) is 14.5 Å². The third-order valence-corrected chi connectivity index (χ3v) is 4.62. The smallest absolute Gasteiger partial charge is 0.303 e. The lowest BCUT2D eigenvalue weighted by Crippen LogP contribution is -2.10. The second-order valence-corrected chi connectivity index (χ2v) is 7.41. The summed E-state index contributed by atoms with van der Waals surface area (Å²) >= 11 is 0. The van der Waals surface area contributed by atoms with Gasteiger partial charge in [0.1, 0.15) is 0 Å². The molecule has 0 aromatic carbocycles. The van der Waals surface area contributed by atoms with E-state index >= 15 is 0 Å². The molecule has 2 fully saturated rings. The maximum atomic E-state index is 9.87. The van der Waals surface area contributed by atoms with Crippen LogP contribution in [0.5, 0.6) is 0 Å². The molecule has 0 spiro atoms. The molecule has 0 amide bonds. The summed E-state index contributed by atoms with van der Waals surface area (Å²) < 4.78 is 13.8. The van der Waals surface area contributed by atoms with Gasteiger partial charge in [-0.15, -0.1) is 0 Å². The first-order chi connectivity index (χ1) is 11.5. The number of nitriles is 1. The lowest BCUT2D eigenvalue weighted by Gasteiger charge is -2.17. The van der Waals surface area contributed by atoms with Crippen molar-refractivity contribution >= 4 is 13.8 Å². The van der Waals surface area contributed by atoms with E-state index in [-0.39, 0.29) is 13.0 Å². The Hall–Kier alpha value is -1.02. The van der Waals surface area contributed by atoms with Crippen molar-refractivity contribution in [2.24, 2.45) is 9.98 Å². The number of nitrogens with zero attached hydrogens (tertiary/aromatic N) is 3. The second kappa shape index (κ2) is 12.4. The van der Waals surface area contributed by atoms with E-state index in [9.17, 15) is 4.57 Å². The fourth-order valence-corrected chi connectivity index (χ4v) is 3.16. The highest BCUT2D eigenvalue weighted by Crippen LogP contribution is 2.35. The molecular weight excluding hydrogens is 329 g/mol. The zero-order chi connectivity index (χ0) is 17.7. The average molecular weight is 357 g/mol. The van der Waals surface area contributed by atoms with Crippen LogP contribution in [0.3, 0.4) is 0 Å². The highest BCUT2D eigenvalue weighted by molar-refractivity contribution is 7.46. The molecule has 2 rings (SSSR count). The number of aliphatic imine (C=N–C) groups is 2. The van der Waals surface area contributed by atoms with E-state index in [1.807, 2.05) is 0 Å². The average Bonchev–Trinajstić information content (AvgIpc) is 2.57. The van der Waals surface area contributed by atoms with E-state index in [0.717, 1.165) is 0 Å². The SMILES string of the molecule is C(=NC1CCCCC1)=NC1CCCCC1.N#CCCOP(=O)(O)O. The maximum absolute atomic E-state index is 9.87. The molecule has 24 heavy (non-hydrogen) atoms. The van der Waals surface area contributed by atoms with Crippen molar-refractivity contribution in [2.45, 2.75) is 82.7 Å². The van der Waals surface area contributed by atoms with Crippen LogP contribution in [0, 0.1) is 11.3 Å². The third-order valence-electron chi connectivity index (χ3n) is 4.10. The van der Waals surface area contributed by atoms with Gasteiger partial charge in [0.25, 0.3) is 0 Å². The van der Waals surface area contributed by atoms with E-state index in [4.69, 9.17) is 15.0 Å². The Kier molecular flexibility index (Phi) is 10.8. The van der Waals surface area contributed by atoms with Crippen molar-refractivity contribution in [3.8, 4) is 6.07 Å². The Morgan fingerprint density at radius 3 is 1.79 bits per heavy atom. The summed E-state index contributed by atoms with van der Waals surface area (Å²) in [5.41, 5.74) is 0. The van der Waals surface area contributed by atoms with Crippen molar-refractivity contribution in [3.63, 3.8) is 0 Å². The van der Waals surface area contributed by atoms with E-state index in [2.05, 4.69) is 20.5 Å². The minimum atomic E-state index is -4.35. The number of hydrogen-bond donors (Lipinski definition) is 2. The number of phosphoric ester groups is 1. The fourth-order valence-electron chi connectivity index (χ4n) is 2.83. The predicted molar refractivity (Wildman–Crippen MR) is 91.8 cm³/mol. The molecule has 0 atom stereocenters. The van der Waals surface area contributed by atoms with Gasteiger partial charge in [-0.1, -0.05) is 38.5 Å². The summed E-state index contributed by atoms with van der Waals surface area (Å²) in [5, 5.41) is 7.88. The largest absolute Gasteiger partial charge is 0.469 e. The highest BCUT2D eigenvalue weighted by Gasteiger charge is 2.13. The van der Waals surface area contributed by atoms with Gasteiger partial charge in [-0.3, -0.25) is 4.52 Å². The first-order valence-corrected chi connectivity index (χ1v) is 10.3. The van der Waals surface area contributed by atoms with Crippen molar-refractivity contribution in [2.75, 3.05) is 6.61 Å². The Morgan fingerprint density at radius 2 is 1.42 bits per heavy atom. The standard InChI is InChI=1S/C13H22N2.C3H6NO4P/c1-3-7-12(8-4-1)14-11-15-13-9-5-2-6-10-13;4-2-1-3-8-9(5,6)7/h12-13H,1-10H2;1,3H2,(H2,5,6,7). The fraction of sp³-hybridized carbons (Fsp3) is 0.875. The van der Waals surface area contributed by atoms with Crippen LogP contribution < -0.4 is 0 Å². The molecule has 0 aromatic rings. The van der Waals surface area contributed by atoms with Crippen molar-refractivity contribution in [3.05, 3.63) is 0 Å². The van der Waals surface area contributed by atoms with Gasteiger partial charge in [0.05, 0.1) is 37.2 Å². The van der Waals surface area contributed by atoms with Gasteiger partial charge in [0.2, 0.25) is 0 Å². The molecule has 0 aromatic heterocycles. The molecule has 7 nitrogen and oxygen atoms in total. The molecule has 2 N–H and O–H groups in total. The van der Waals surface area contributed by atoms with Gasteiger partial charge < -0.3 is 9.79 Å². The summed E-state index contributed by atoms with van der Waals surface area (Å²) in [6.07, 6.45) is 13.2. The van der Waals surface area contributed by atoms with Crippen LogP contribution in [0.2, 0.25) is 0 Å². The molecule has 136 valence electrons. The van der Waals surface area contributed by atoms with E-state index < -0.39 is 7.82 Å². The Labute approximate surface area is 144 Å². The molecule has 0 radical (unpaired) electrons. The first-order valence-electron chi connectivity index (χ1n) is 8.73. The van der Waals surface area contributed by atoms with Gasteiger partial charge in [0.15, 0.2) is 0 Å². The lowest BCUT2D eigenvalue weighted by molar-refractivity contribution is 0.201. The third kappa shape index (κ3) is 11.5. The monoisotopic (exact) mass is 357 g/mol. The van der Waals surface area contributed by atoms with E-state index in [0.29, 0.717) is 12.1 Å². The van der Waals surface area contributed by atoms with Crippen LogP contribution in [0.1, 0.15) is 70.6 Å². The second-order valence-electron chi connectivity index (χ2n) is 6.17. The van der Waals surface area contributed by atoms with Crippen LogP contribution in [-0.4, -0.2) is 34.5 Å². The summed E-state index contributed by atoms with van der Waals surface area (Å²) in [6.45, 7) is -0.221. The van der Waals surface area contributed by atoms with Crippen molar-refractivity contribution < 1.29 is 18.9 Å². The lowest BCUT2D eigenvalue weighted by atomic mass is 9.96. The van der Waals surface area contributed by atoms with Gasteiger partial charge in [-0.2, -0.15) is 5.26 Å². The molecule has 0 unspecified atom stereocenters. The quantitative estimate of drug-likeness (QED) is 0.441. The molecule has 0 aliphatic heterocycles. The van der Waals surface area contributed by atoms with Crippen LogP contribution >= 0.6 is 7.82 Å². The predicted octanol–water partition coefficient (Wildman–Crippen LogP) is 3.84. The van der Waals surface area contributed by atoms with E-state index in [1.54, 1.807) is 6.07 Å². The normalized spacial score (nSPS) is 19.4. The van der Waals surface area contributed by atoms with Gasteiger partial charge in [-0.05, 0) is 25.7 Å². The summed E-state index contributed by atoms with van der Waals surface area (Å²) in [5.74, 6) is 0. The highest BCUT2D eigenvalue weighted by atomic mass is 31.2. The molecule has 8 heteroatoms. The zero-order valence-electron chi connectivity index (χ0n) is 14.1. The summed E-state index contributed by atoms with van der Waals surface area (Å²) in [4.78, 5) is 25.0. The maximum Gasteiger partial charge on any atom is 0.469 e. The van der Waals surface area contributed by atoms with Crippen molar-refractivity contribution in [1.82, 2.24) is 0 Å². The van der Waals surface area contributed by atoms with Crippen molar-refractivity contribution in [1.29, 1.82) is 5.26 Å². The Morgan fingerprint density at radius 1 is 0.958 bits per heavy atom. The molecule has 2 saturated carbocycles. The van der Waals surface area contributed by atoms with Gasteiger partial charge >= 0.3 is 7.82 Å². The minimum absolute atomic E-state index is 0.00882. The molecule has 2 aliphatic carbocycles. The van der Waals surface area contributed by atoms with Crippen LogP contribution in [-0.2, 0) is 9.09 Å². The number of rotatable bonds is 5. The molecule has 0 bridgehead atoms. The molecule has 0 heterocycles. The zero-order valence-corrected chi connectivity index (χ0v) is 15.0. The van der Waals surface area contributed by atoms with Crippen LogP contribution in [0.25, 0.3) is 0 Å². The number of hydrogen-bond acceptors (Lipinski definition) is 5. The van der Waals surface area contributed by atoms with Crippen LogP contribution in [0.4, 0.5) is 0 Å². The van der Waals surface area contributed by atoms with E-state index in [1.165, 1.54) is 64.2 Å². The number of phosphoric acid groups is 1.